The molecule has 4 nitrogen and oxygen atoms in total. The normalized spacial score (nSPS) is 32.0. The van der Waals surface area contributed by atoms with E-state index in [0.29, 0.717) is 11.8 Å². The van der Waals surface area contributed by atoms with Crippen LogP contribution in [0.15, 0.2) is 0 Å². The fourth-order valence-electron chi connectivity index (χ4n) is 3.59. The predicted molar refractivity (Wildman–Crippen MR) is 80.7 cm³/mol. The second-order valence-electron chi connectivity index (χ2n) is 7.46. The van der Waals surface area contributed by atoms with Gasteiger partial charge in [0, 0.05) is 13.1 Å². The highest BCUT2D eigenvalue weighted by atomic mass is 16.6. The summed E-state index contributed by atoms with van der Waals surface area (Å²) < 4.78 is 5.51. The molecule has 0 bridgehead atoms. The third kappa shape index (κ3) is 4.11. The molecule has 20 heavy (non-hydrogen) atoms. The summed E-state index contributed by atoms with van der Waals surface area (Å²) in [6.07, 6.45) is 3.48. The van der Waals surface area contributed by atoms with Gasteiger partial charge in [0.15, 0.2) is 0 Å². The summed E-state index contributed by atoms with van der Waals surface area (Å²) >= 11 is 0. The standard InChI is InChI=1S/C16H30N2O2/c1-12-10-17-8-7-14(12)13-6-5-9-18(11-13)15(19)20-16(2,3)4/h12-14,17H,5-11H2,1-4H3. The minimum absolute atomic E-state index is 0.135. The van der Waals surface area contributed by atoms with Crippen molar-refractivity contribution in [3.8, 4) is 0 Å². The highest BCUT2D eigenvalue weighted by Gasteiger charge is 2.34. The number of hydrogen-bond acceptors (Lipinski definition) is 3. The van der Waals surface area contributed by atoms with Crippen LogP contribution >= 0.6 is 0 Å². The predicted octanol–water partition coefficient (Wildman–Crippen LogP) is 2.88. The van der Waals surface area contributed by atoms with Gasteiger partial charge in [0.05, 0.1) is 0 Å². The highest BCUT2D eigenvalue weighted by Crippen LogP contribution is 2.33. The van der Waals surface area contributed by atoms with Gasteiger partial charge in [0.25, 0.3) is 0 Å². The van der Waals surface area contributed by atoms with Crippen molar-refractivity contribution in [1.82, 2.24) is 10.2 Å². The fraction of sp³-hybridized carbons (Fsp3) is 0.938. The van der Waals surface area contributed by atoms with E-state index in [1.165, 1.54) is 12.8 Å². The van der Waals surface area contributed by atoms with Crippen LogP contribution in [0.3, 0.4) is 0 Å². The zero-order chi connectivity index (χ0) is 14.8. The Bertz CT molecular complexity index is 338. The van der Waals surface area contributed by atoms with Crippen LogP contribution < -0.4 is 5.32 Å². The molecule has 0 spiro atoms. The molecule has 116 valence electrons. The second-order valence-corrected chi connectivity index (χ2v) is 7.46. The van der Waals surface area contributed by atoms with E-state index in [1.807, 2.05) is 25.7 Å². The lowest BCUT2D eigenvalue weighted by atomic mass is 9.75. The number of nitrogens with zero attached hydrogens (tertiary/aromatic N) is 1. The number of carbonyl (C=O) groups excluding carboxylic acids is 1. The van der Waals surface area contributed by atoms with Gasteiger partial charge in [-0.15, -0.1) is 0 Å². The van der Waals surface area contributed by atoms with Crippen LogP contribution in [0.1, 0.15) is 47.0 Å². The van der Waals surface area contributed by atoms with E-state index < -0.39 is 5.60 Å². The Labute approximate surface area is 123 Å². The summed E-state index contributed by atoms with van der Waals surface area (Å²) in [5, 5.41) is 3.46. The SMILES string of the molecule is CC1CNCCC1C1CCCN(C(=O)OC(C)(C)C)C1. The van der Waals surface area contributed by atoms with Crippen LogP contribution in [0.4, 0.5) is 4.79 Å². The summed E-state index contributed by atoms with van der Waals surface area (Å²) in [4.78, 5) is 14.1. The van der Waals surface area contributed by atoms with Gasteiger partial charge in [-0.05, 0) is 70.9 Å². The first-order valence-corrected chi connectivity index (χ1v) is 8.05. The monoisotopic (exact) mass is 282 g/mol. The summed E-state index contributed by atoms with van der Waals surface area (Å²) in [5.74, 6) is 2.11. The number of hydrogen-bond donors (Lipinski definition) is 1. The Kier molecular flexibility index (Phi) is 4.95. The highest BCUT2D eigenvalue weighted by molar-refractivity contribution is 5.68. The van der Waals surface area contributed by atoms with Crippen molar-refractivity contribution in [3.05, 3.63) is 0 Å². The van der Waals surface area contributed by atoms with Crippen LogP contribution in [-0.4, -0.2) is 42.8 Å². The van der Waals surface area contributed by atoms with E-state index in [0.717, 1.165) is 38.5 Å². The number of carbonyl (C=O) groups is 1. The van der Waals surface area contributed by atoms with Gasteiger partial charge >= 0.3 is 6.09 Å². The molecule has 3 unspecified atom stereocenters. The van der Waals surface area contributed by atoms with Gasteiger partial charge in [-0.3, -0.25) is 0 Å². The zero-order valence-electron chi connectivity index (χ0n) is 13.4. The maximum Gasteiger partial charge on any atom is 0.410 e. The van der Waals surface area contributed by atoms with Crippen LogP contribution in [0.25, 0.3) is 0 Å². The molecule has 2 saturated heterocycles. The third-order valence-corrected chi connectivity index (χ3v) is 4.57. The molecule has 2 rings (SSSR count). The molecule has 2 aliphatic rings. The number of rotatable bonds is 1. The third-order valence-electron chi connectivity index (χ3n) is 4.57. The van der Waals surface area contributed by atoms with E-state index in [2.05, 4.69) is 12.2 Å². The Morgan fingerprint density at radius 3 is 2.70 bits per heavy atom. The molecule has 1 N–H and O–H groups in total. The number of ether oxygens (including phenoxy) is 1. The van der Waals surface area contributed by atoms with Crippen molar-refractivity contribution in [2.75, 3.05) is 26.2 Å². The van der Waals surface area contributed by atoms with Crippen LogP contribution in [0.2, 0.25) is 0 Å². The Hall–Kier alpha value is -0.770. The zero-order valence-corrected chi connectivity index (χ0v) is 13.4. The van der Waals surface area contributed by atoms with Crippen LogP contribution in [0.5, 0.6) is 0 Å². The van der Waals surface area contributed by atoms with E-state index in [-0.39, 0.29) is 6.09 Å². The van der Waals surface area contributed by atoms with E-state index >= 15 is 0 Å². The lowest BCUT2D eigenvalue weighted by Crippen LogP contribution is -2.47. The summed E-state index contributed by atoms with van der Waals surface area (Å²) in [7, 11) is 0. The Morgan fingerprint density at radius 1 is 1.30 bits per heavy atom. The van der Waals surface area contributed by atoms with Crippen molar-refractivity contribution in [2.45, 2.75) is 52.6 Å². The van der Waals surface area contributed by atoms with Gasteiger partial charge in [0.1, 0.15) is 5.60 Å². The average molecular weight is 282 g/mol. The molecule has 0 radical (unpaired) electrons. The molecule has 4 heteroatoms. The molecule has 0 aromatic carbocycles. The van der Waals surface area contributed by atoms with Crippen molar-refractivity contribution in [1.29, 1.82) is 0 Å². The van der Waals surface area contributed by atoms with Gasteiger partial charge in [-0.2, -0.15) is 0 Å². The molecule has 1 amide bonds. The molecule has 0 aliphatic carbocycles. The van der Waals surface area contributed by atoms with Crippen LogP contribution in [0, 0.1) is 17.8 Å². The molecule has 2 heterocycles. The number of piperidine rings is 2. The fourth-order valence-corrected chi connectivity index (χ4v) is 3.59. The van der Waals surface area contributed by atoms with E-state index in [1.54, 1.807) is 0 Å². The van der Waals surface area contributed by atoms with E-state index in [9.17, 15) is 4.79 Å². The van der Waals surface area contributed by atoms with E-state index in [4.69, 9.17) is 4.74 Å². The maximum absolute atomic E-state index is 12.2. The van der Waals surface area contributed by atoms with Gasteiger partial charge in [-0.1, -0.05) is 6.92 Å². The second kappa shape index (κ2) is 6.33. The number of likely N-dealkylation sites (tertiary alicyclic amines) is 1. The lowest BCUT2D eigenvalue weighted by molar-refractivity contribution is 0.00892. The first-order valence-electron chi connectivity index (χ1n) is 8.05. The number of nitrogens with one attached hydrogen (secondary N) is 1. The first-order chi connectivity index (χ1) is 9.37. The average Bonchev–Trinajstić information content (AvgIpc) is 2.37. The smallest absolute Gasteiger partial charge is 0.410 e. The van der Waals surface area contributed by atoms with Gasteiger partial charge in [-0.25, -0.2) is 4.79 Å². The molecular weight excluding hydrogens is 252 g/mol. The molecule has 0 aromatic rings. The molecule has 2 aliphatic heterocycles. The van der Waals surface area contributed by atoms with Crippen LogP contribution in [-0.2, 0) is 4.74 Å². The molecular formula is C16H30N2O2. The first kappa shape index (κ1) is 15.6. The van der Waals surface area contributed by atoms with Crippen molar-refractivity contribution in [2.24, 2.45) is 17.8 Å². The summed E-state index contributed by atoms with van der Waals surface area (Å²) in [6, 6.07) is 0. The Morgan fingerprint density at radius 2 is 2.05 bits per heavy atom. The minimum Gasteiger partial charge on any atom is -0.444 e. The summed E-state index contributed by atoms with van der Waals surface area (Å²) in [6.45, 7) is 12.1. The maximum atomic E-state index is 12.2. The molecule has 0 saturated carbocycles. The Balaban J connectivity index is 1.92. The van der Waals surface area contributed by atoms with Crippen molar-refractivity contribution in [3.63, 3.8) is 0 Å². The topological polar surface area (TPSA) is 41.6 Å². The lowest BCUT2D eigenvalue weighted by Gasteiger charge is -2.41. The van der Waals surface area contributed by atoms with Gasteiger partial charge < -0.3 is 15.0 Å². The number of amides is 1. The van der Waals surface area contributed by atoms with Crippen molar-refractivity contribution >= 4 is 6.09 Å². The quantitative estimate of drug-likeness (QED) is 0.804. The largest absolute Gasteiger partial charge is 0.444 e. The van der Waals surface area contributed by atoms with Gasteiger partial charge in [0.2, 0.25) is 0 Å². The molecule has 3 atom stereocenters. The summed E-state index contributed by atoms with van der Waals surface area (Å²) in [5.41, 5.74) is -0.397. The molecule has 2 fully saturated rings. The van der Waals surface area contributed by atoms with Crippen molar-refractivity contribution < 1.29 is 9.53 Å². The minimum atomic E-state index is -0.397. The molecule has 0 aromatic heterocycles.